The summed E-state index contributed by atoms with van der Waals surface area (Å²) in [6, 6.07) is 3.88. The number of imidazole rings is 1. The van der Waals surface area contributed by atoms with Crippen LogP contribution in [0.4, 0.5) is 0 Å². The molecule has 4 rings (SSSR count). The smallest absolute Gasteiger partial charge is 0.327 e. The van der Waals surface area contributed by atoms with Crippen LogP contribution in [0.3, 0.4) is 0 Å². The molecule has 0 spiro atoms. The Hall–Kier alpha value is -2.48. The third kappa shape index (κ3) is 2.43. The number of thiophene rings is 1. The van der Waals surface area contributed by atoms with Gasteiger partial charge in [-0.3, -0.25) is 9.36 Å². The van der Waals surface area contributed by atoms with Crippen molar-refractivity contribution in [3.63, 3.8) is 0 Å². The van der Waals surface area contributed by atoms with Crippen LogP contribution in [-0.2, 0) is 0 Å². The van der Waals surface area contributed by atoms with E-state index in [1.807, 2.05) is 17.5 Å². The fraction of sp³-hybridized carbons (Fsp3) is 0.375. The number of H-pyrrole nitrogens is 1. The Morgan fingerprint density at radius 2 is 2.08 bits per heavy atom. The van der Waals surface area contributed by atoms with Gasteiger partial charge in [-0.05, 0) is 24.3 Å². The summed E-state index contributed by atoms with van der Waals surface area (Å²) in [7, 11) is 0. The molecule has 1 fully saturated rings. The molecule has 3 heterocycles. The number of amides is 1. The van der Waals surface area contributed by atoms with Crippen LogP contribution >= 0.6 is 11.3 Å². The number of nitrogens with zero attached hydrogens (tertiary/aromatic N) is 3. The molecule has 7 nitrogen and oxygen atoms in total. The normalized spacial score (nSPS) is 15.8. The number of primary amides is 1. The van der Waals surface area contributed by atoms with Crippen molar-refractivity contribution < 1.29 is 4.79 Å². The minimum absolute atomic E-state index is 0.0649. The van der Waals surface area contributed by atoms with E-state index in [0.717, 1.165) is 30.6 Å². The first kappa shape index (κ1) is 15.1. The summed E-state index contributed by atoms with van der Waals surface area (Å²) in [6.07, 6.45) is 5.26. The average molecular weight is 343 g/mol. The molecule has 0 atom stereocenters. The van der Waals surface area contributed by atoms with Gasteiger partial charge in [-0.1, -0.05) is 25.3 Å². The van der Waals surface area contributed by atoms with Crippen molar-refractivity contribution in [3.8, 4) is 10.7 Å². The zero-order chi connectivity index (χ0) is 16.7. The number of nitrogens with one attached hydrogen (secondary N) is 1. The van der Waals surface area contributed by atoms with Crippen LogP contribution < -0.4 is 11.4 Å². The lowest BCUT2D eigenvalue weighted by molar-refractivity contribution is 0.0997. The van der Waals surface area contributed by atoms with Crippen molar-refractivity contribution >= 4 is 28.4 Å². The minimum Gasteiger partial charge on any atom is -0.364 e. The van der Waals surface area contributed by atoms with Gasteiger partial charge >= 0.3 is 5.69 Å². The number of carbonyl (C=O) groups is 1. The van der Waals surface area contributed by atoms with Gasteiger partial charge in [-0.25, -0.2) is 14.8 Å². The SMILES string of the molecule is NC(=O)c1nc(-c2cccs2)nc2c1[nH]c(=O)n2C1CCCCC1. The van der Waals surface area contributed by atoms with E-state index < -0.39 is 5.91 Å². The molecule has 3 aromatic heterocycles. The van der Waals surface area contributed by atoms with E-state index in [4.69, 9.17) is 5.73 Å². The Morgan fingerprint density at radius 1 is 1.29 bits per heavy atom. The van der Waals surface area contributed by atoms with E-state index in [0.29, 0.717) is 17.0 Å². The van der Waals surface area contributed by atoms with Crippen LogP contribution in [0.15, 0.2) is 22.3 Å². The van der Waals surface area contributed by atoms with Crippen LogP contribution in [0.25, 0.3) is 21.9 Å². The summed E-state index contributed by atoms with van der Waals surface area (Å²) in [5.74, 6) is -0.243. The van der Waals surface area contributed by atoms with Gasteiger partial charge in [0.15, 0.2) is 17.2 Å². The lowest BCUT2D eigenvalue weighted by atomic mass is 9.95. The van der Waals surface area contributed by atoms with Crippen molar-refractivity contribution in [1.82, 2.24) is 19.5 Å². The molecule has 3 N–H and O–H groups in total. The fourth-order valence-electron chi connectivity index (χ4n) is 3.37. The van der Waals surface area contributed by atoms with E-state index in [1.165, 1.54) is 17.8 Å². The number of carbonyl (C=O) groups excluding carboxylic acids is 1. The van der Waals surface area contributed by atoms with Crippen molar-refractivity contribution in [2.75, 3.05) is 0 Å². The first-order chi connectivity index (χ1) is 11.6. The van der Waals surface area contributed by atoms with Crippen LogP contribution in [0.2, 0.25) is 0 Å². The summed E-state index contributed by atoms with van der Waals surface area (Å²) in [5.41, 5.74) is 6.10. The highest BCUT2D eigenvalue weighted by Gasteiger charge is 2.24. The van der Waals surface area contributed by atoms with Gasteiger partial charge < -0.3 is 10.7 Å². The molecule has 124 valence electrons. The van der Waals surface area contributed by atoms with Crippen LogP contribution in [0, 0.1) is 0 Å². The Bertz CT molecular complexity index is 951. The monoisotopic (exact) mass is 343 g/mol. The van der Waals surface area contributed by atoms with Crippen LogP contribution in [0.5, 0.6) is 0 Å². The maximum atomic E-state index is 12.5. The van der Waals surface area contributed by atoms with Crippen molar-refractivity contribution in [2.24, 2.45) is 5.73 Å². The highest BCUT2D eigenvalue weighted by Crippen LogP contribution is 2.30. The molecule has 0 unspecified atom stereocenters. The molecule has 0 bridgehead atoms. The van der Waals surface area contributed by atoms with Gasteiger partial charge in [-0.2, -0.15) is 0 Å². The highest BCUT2D eigenvalue weighted by atomic mass is 32.1. The predicted octanol–water partition coefficient (Wildman–Crippen LogP) is 2.45. The summed E-state index contributed by atoms with van der Waals surface area (Å²) in [4.78, 5) is 36.8. The zero-order valence-electron chi connectivity index (χ0n) is 13.0. The molecule has 1 aliphatic rings. The summed E-state index contributed by atoms with van der Waals surface area (Å²) in [5, 5.41) is 1.91. The average Bonchev–Trinajstić information content (AvgIpc) is 3.21. The summed E-state index contributed by atoms with van der Waals surface area (Å²) < 4.78 is 1.68. The molecule has 8 heteroatoms. The number of nitrogens with two attached hydrogens (primary N) is 1. The molecular formula is C16H17N5O2S. The zero-order valence-corrected chi connectivity index (χ0v) is 13.8. The van der Waals surface area contributed by atoms with Gasteiger partial charge in [0.1, 0.15) is 5.52 Å². The van der Waals surface area contributed by atoms with Crippen molar-refractivity contribution in [3.05, 3.63) is 33.7 Å². The predicted molar refractivity (Wildman–Crippen MR) is 92.1 cm³/mol. The molecule has 3 aromatic rings. The molecule has 1 amide bonds. The number of fused-ring (bicyclic) bond motifs is 1. The third-order valence-electron chi connectivity index (χ3n) is 4.48. The Kier molecular flexibility index (Phi) is 3.68. The second kappa shape index (κ2) is 5.86. The van der Waals surface area contributed by atoms with Gasteiger partial charge in [-0.15, -0.1) is 11.3 Å². The van der Waals surface area contributed by atoms with E-state index >= 15 is 0 Å². The summed E-state index contributed by atoms with van der Waals surface area (Å²) >= 11 is 1.48. The van der Waals surface area contributed by atoms with Gasteiger partial charge in [0.2, 0.25) is 0 Å². The van der Waals surface area contributed by atoms with Gasteiger partial charge in [0.25, 0.3) is 5.91 Å². The molecule has 0 radical (unpaired) electrons. The lowest BCUT2D eigenvalue weighted by Gasteiger charge is -2.22. The first-order valence-electron chi connectivity index (χ1n) is 8.01. The third-order valence-corrected chi connectivity index (χ3v) is 5.35. The topological polar surface area (TPSA) is 107 Å². The number of hydrogen-bond donors (Lipinski definition) is 2. The molecule has 0 aliphatic heterocycles. The molecule has 1 saturated carbocycles. The summed E-state index contributed by atoms with van der Waals surface area (Å²) in [6.45, 7) is 0. The standard InChI is InChI=1S/C16H17N5O2S/c17-13(22)11-12-15(20-14(18-11)10-7-4-8-24-10)21(16(23)19-12)9-5-2-1-3-6-9/h4,7-9H,1-3,5-6H2,(H2,17,22)(H,19,23). The number of aromatic nitrogens is 4. The maximum Gasteiger partial charge on any atom is 0.327 e. The molecular weight excluding hydrogens is 326 g/mol. The van der Waals surface area contributed by atoms with E-state index in [9.17, 15) is 9.59 Å². The second-order valence-corrected chi connectivity index (χ2v) is 6.98. The largest absolute Gasteiger partial charge is 0.364 e. The Labute approximate surface area is 141 Å². The number of rotatable bonds is 3. The van der Waals surface area contributed by atoms with E-state index in [2.05, 4.69) is 15.0 Å². The Morgan fingerprint density at radius 3 is 2.75 bits per heavy atom. The second-order valence-electron chi connectivity index (χ2n) is 6.03. The number of hydrogen-bond acceptors (Lipinski definition) is 5. The fourth-order valence-corrected chi connectivity index (χ4v) is 4.03. The van der Waals surface area contributed by atoms with Crippen molar-refractivity contribution in [1.29, 1.82) is 0 Å². The van der Waals surface area contributed by atoms with Crippen LogP contribution in [-0.4, -0.2) is 25.4 Å². The Balaban J connectivity index is 1.98. The minimum atomic E-state index is -0.669. The maximum absolute atomic E-state index is 12.5. The van der Waals surface area contributed by atoms with Gasteiger partial charge in [0, 0.05) is 6.04 Å². The van der Waals surface area contributed by atoms with E-state index in [1.54, 1.807) is 4.57 Å². The first-order valence-corrected chi connectivity index (χ1v) is 8.89. The molecule has 24 heavy (non-hydrogen) atoms. The number of aromatic amines is 1. The molecule has 0 saturated heterocycles. The molecule has 0 aromatic carbocycles. The van der Waals surface area contributed by atoms with Crippen molar-refractivity contribution in [2.45, 2.75) is 38.1 Å². The van der Waals surface area contributed by atoms with Crippen LogP contribution in [0.1, 0.15) is 48.6 Å². The lowest BCUT2D eigenvalue weighted by Crippen LogP contribution is -2.24. The van der Waals surface area contributed by atoms with Gasteiger partial charge in [0.05, 0.1) is 4.88 Å². The molecule has 1 aliphatic carbocycles. The highest BCUT2D eigenvalue weighted by molar-refractivity contribution is 7.13. The quantitative estimate of drug-likeness (QED) is 0.761. The van der Waals surface area contributed by atoms with E-state index in [-0.39, 0.29) is 17.4 Å².